The highest BCUT2D eigenvalue weighted by atomic mass is 32.2. The molecule has 2 rings (SSSR count). The van der Waals surface area contributed by atoms with Crippen molar-refractivity contribution in [1.29, 1.82) is 0 Å². The molecule has 2 heterocycles. The van der Waals surface area contributed by atoms with Crippen molar-refractivity contribution in [3.8, 4) is 0 Å². The summed E-state index contributed by atoms with van der Waals surface area (Å²) >= 11 is 0. The van der Waals surface area contributed by atoms with Crippen LogP contribution >= 0.6 is 0 Å². The van der Waals surface area contributed by atoms with Gasteiger partial charge >= 0.3 is 0 Å². The largest absolute Gasteiger partial charge is 0.341 e. The molecule has 1 amide bonds. The minimum Gasteiger partial charge on any atom is -0.341 e. The number of nitrogens with zero attached hydrogens (tertiary/aromatic N) is 2. The monoisotopic (exact) mass is 317 g/mol. The topological polar surface area (TPSA) is 69.7 Å². The molecule has 0 aromatic carbocycles. The maximum Gasteiger partial charge on any atom is 0.224 e. The second kappa shape index (κ2) is 7.07. The summed E-state index contributed by atoms with van der Waals surface area (Å²) in [5.74, 6) is 0.358. The first-order valence-electron chi connectivity index (χ1n) is 7.90. The summed E-state index contributed by atoms with van der Waals surface area (Å²) in [7, 11) is -2.97. The molecule has 0 bridgehead atoms. The Kier molecular flexibility index (Phi) is 5.62. The first-order chi connectivity index (χ1) is 9.95. The van der Waals surface area contributed by atoms with E-state index in [-0.39, 0.29) is 23.5 Å². The van der Waals surface area contributed by atoms with E-state index in [1.165, 1.54) is 0 Å². The summed E-state index contributed by atoms with van der Waals surface area (Å²) in [4.78, 5) is 16.6. The van der Waals surface area contributed by atoms with Crippen LogP contribution in [0, 0.1) is 0 Å². The number of nitrogens with one attached hydrogen (secondary N) is 1. The molecule has 7 heteroatoms. The molecule has 0 aliphatic carbocycles. The van der Waals surface area contributed by atoms with Crippen molar-refractivity contribution in [1.82, 2.24) is 15.1 Å². The third kappa shape index (κ3) is 4.40. The van der Waals surface area contributed by atoms with Crippen molar-refractivity contribution in [3.05, 3.63) is 0 Å². The fraction of sp³-hybridized carbons (Fsp3) is 0.929. The van der Waals surface area contributed by atoms with Crippen LogP contribution in [-0.4, -0.2) is 80.4 Å². The summed E-state index contributed by atoms with van der Waals surface area (Å²) in [5, 5.41) is 3.15. The van der Waals surface area contributed by atoms with E-state index in [2.05, 4.69) is 24.1 Å². The Balaban J connectivity index is 1.84. The van der Waals surface area contributed by atoms with Gasteiger partial charge in [-0.15, -0.1) is 0 Å². The number of likely N-dealkylation sites (N-methyl/N-ethyl adjacent to an activating group) is 1. The summed E-state index contributed by atoms with van der Waals surface area (Å²) < 4.78 is 23.2. The number of carbonyl (C=O) groups excluding carboxylic acids is 1. The van der Waals surface area contributed by atoms with Crippen LogP contribution in [0.3, 0.4) is 0 Å². The normalized spacial score (nSPS) is 29.0. The first kappa shape index (κ1) is 16.7. The predicted octanol–water partition coefficient (Wildman–Crippen LogP) is -0.294. The average molecular weight is 317 g/mol. The fourth-order valence-electron chi connectivity index (χ4n) is 3.34. The van der Waals surface area contributed by atoms with E-state index in [1.54, 1.807) is 0 Å². The predicted molar refractivity (Wildman–Crippen MR) is 83.0 cm³/mol. The van der Waals surface area contributed by atoms with E-state index in [1.807, 2.05) is 4.90 Å². The fourth-order valence-corrected chi connectivity index (χ4v) is 4.79. The summed E-state index contributed by atoms with van der Waals surface area (Å²) in [6, 6.07) is 0.232. The Morgan fingerprint density at radius 1 is 1.33 bits per heavy atom. The molecule has 0 spiro atoms. The summed E-state index contributed by atoms with van der Waals surface area (Å²) in [6.45, 7) is 8.33. The number of sulfone groups is 1. The number of carbonyl (C=O) groups is 1. The van der Waals surface area contributed by atoms with Gasteiger partial charge in [-0.1, -0.05) is 13.8 Å². The second-order valence-electron chi connectivity index (χ2n) is 5.97. The lowest BCUT2D eigenvalue weighted by atomic mass is 10.2. The Hall–Kier alpha value is -0.660. The van der Waals surface area contributed by atoms with Crippen LogP contribution in [0.1, 0.15) is 26.7 Å². The lowest BCUT2D eigenvalue weighted by molar-refractivity contribution is -0.130. The van der Waals surface area contributed by atoms with Crippen LogP contribution in [0.25, 0.3) is 0 Å². The molecule has 6 nitrogen and oxygen atoms in total. The van der Waals surface area contributed by atoms with Crippen molar-refractivity contribution in [2.24, 2.45) is 0 Å². The van der Waals surface area contributed by atoms with Gasteiger partial charge in [0.15, 0.2) is 9.84 Å². The molecule has 2 aliphatic heterocycles. The van der Waals surface area contributed by atoms with Crippen LogP contribution in [0.4, 0.5) is 0 Å². The van der Waals surface area contributed by atoms with Crippen molar-refractivity contribution < 1.29 is 13.2 Å². The maximum atomic E-state index is 12.3. The molecule has 2 unspecified atom stereocenters. The van der Waals surface area contributed by atoms with Crippen molar-refractivity contribution in [3.63, 3.8) is 0 Å². The van der Waals surface area contributed by atoms with Crippen LogP contribution in [0.2, 0.25) is 0 Å². The quantitative estimate of drug-likeness (QED) is 0.754. The molecule has 1 N–H and O–H groups in total. The molecular weight excluding hydrogens is 290 g/mol. The molecule has 0 radical (unpaired) electrons. The second-order valence-corrected chi connectivity index (χ2v) is 8.20. The zero-order valence-corrected chi connectivity index (χ0v) is 13.9. The molecule has 0 saturated carbocycles. The van der Waals surface area contributed by atoms with Crippen molar-refractivity contribution in [2.75, 3.05) is 44.2 Å². The standard InChI is InChI=1S/C14H27N3O3S/c1-3-16(4-2)13-5-7-17(10-13)14(18)9-12-11-21(19,20)8-6-15-12/h12-13,15H,3-11H2,1-2H3. The van der Waals surface area contributed by atoms with E-state index >= 15 is 0 Å². The van der Waals surface area contributed by atoms with Gasteiger partial charge in [0, 0.05) is 38.1 Å². The zero-order chi connectivity index (χ0) is 15.5. The van der Waals surface area contributed by atoms with E-state index in [0.717, 1.165) is 32.6 Å². The molecule has 122 valence electrons. The molecule has 0 aromatic heterocycles. The van der Waals surface area contributed by atoms with Gasteiger partial charge in [-0.25, -0.2) is 8.42 Å². The van der Waals surface area contributed by atoms with Crippen LogP contribution in [0.15, 0.2) is 0 Å². The number of hydrogen-bond acceptors (Lipinski definition) is 5. The maximum absolute atomic E-state index is 12.3. The molecule has 21 heavy (non-hydrogen) atoms. The van der Waals surface area contributed by atoms with Crippen LogP contribution in [0.5, 0.6) is 0 Å². The van der Waals surface area contributed by atoms with Gasteiger partial charge in [0.1, 0.15) is 0 Å². The van der Waals surface area contributed by atoms with Gasteiger partial charge in [0.05, 0.1) is 11.5 Å². The van der Waals surface area contributed by atoms with E-state index in [9.17, 15) is 13.2 Å². The highest BCUT2D eigenvalue weighted by molar-refractivity contribution is 7.91. The minimum absolute atomic E-state index is 0.0826. The third-order valence-electron chi connectivity index (χ3n) is 4.57. The minimum atomic E-state index is -2.97. The zero-order valence-electron chi connectivity index (χ0n) is 13.0. The Morgan fingerprint density at radius 2 is 2.05 bits per heavy atom. The summed E-state index contributed by atoms with van der Waals surface area (Å²) in [6.07, 6.45) is 1.31. The van der Waals surface area contributed by atoms with Crippen LogP contribution < -0.4 is 5.32 Å². The molecule has 2 fully saturated rings. The van der Waals surface area contributed by atoms with E-state index < -0.39 is 9.84 Å². The number of likely N-dealkylation sites (tertiary alicyclic amines) is 1. The highest BCUT2D eigenvalue weighted by Gasteiger charge is 2.32. The lowest BCUT2D eigenvalue weighted by Crippen LogP contribution is -2.48. The van der Waals surface area contributed by atoms with Gasteiger partial charge in [0.25, 0.3) is 0 Å². The lowest BCUT2D eigenvalue weighted by Gasteiger charge is -2.27. The molecule has 2 atom stereocenters. The van der Waals surface area contributed by atoms with Crippen LogP contribution in [-0.2, 0) is 14.6 Å². The smallest absolute Gasteiger partial charge is 0.224 e. The molecular formula is C14H27N3O3S. The van der Waals surface area contributed by atoms with Gasteiger partial charge in [-0.05, 0) is 19.5 Å². The Morgan fingerprint density at radius 3 is 2.67 bits per heavy atom. The SMILES string of the molecule is CCN(CC)C1CCN(C(=O)CC2CS(=O)(=O)CCN2)C1. The Bertz CT molecular complexity index is 462. The number of hydrogen-bond donors (Lipinski definition) is 1. The third-order valence-corrected chi connectivity index (χ3v) is 6.30. The van der Waals surface area contributed by atoms with Gasteiger partial charge in [0.2, 0.25) is 5.91 Å². The average Bonchev–Trinajstić information content (AvgIpc) is 2.89. The number of amides is 1. The molecule has 2 saturated heterocycles. The molecule has 0 aromatic rings. The van der Waals surface area contributed by atoms with E-state index in [0.29, 0.717) is 19.0 Å². The van der Waals surface area contributed by atoms with Crippen molar-refractivity contribution >= 4 is 15.7 Å². The van der Waals surface area contributed by atoms with Gasteiger partial charge < -0.3 is 10.2 Å². The molecule has 2 aliphatic rings. The number of rotatable bonds is 5. The Labute approximate surface area is 127 Å². The first-order valence-corrected chi connectivity index (χ1v) is 9.73. The van der Waals surface area contributed by atoms with Gasteiger partial charge in [-0.3, -0.25) is 9.69 Å². The van der Waals surface area contributed by atoms with Crippen molar-refractivity contribution in [2.45, 2.75) is 38.8 Å². The highest BCUT2D eigenvalue weighted by Crippen LogP contribution is 2.17. The van der Waals surface area contributed by atoms with Gasteiger partial charge in [-0.2, -0.15) is 0 Å². The van der Waals surface area contributed by atoms with E-state index in [4.69, 9.17) is 0 Å². The summed E-state index contributed by atoms with van der Waals surface area (Å²) in [5.41, 5.74) is 0.